The Morgan fingerprint density at radius 3 is 2.74 bits per heavy atom. The van der Waals surface area contributed by atoms with Gasteiger partial charge in [-0.1, -0.05) is 19.1 Å². The number of rotatable bonds is 8. The van der Waals surface area contributed by atoms with Crippen LogP contribution in [0.2, 0.25) is 0 Å². The lowest BCUT2D eigenvalue weighted by atomic mass is 9.96. The first-order valence-corrected chi connectivity index (χ1v) is 8.73. The third-order valence-electron chi connectivity index (χ3n) is 3.69. The summed E-state index contributed by atoms with van der Waals surface area (Å²) in [5.41, 5.74) is -0.101. The Morgan fingerprint density at radius 1 is 1.42 bits per heavy atom. The van der Waals surface area contributed by atoms with Crippen LogP contribution in [-0.2, 0) is 0 Å². The molecular formula is C15H22BrNOS. The number of benzene rings is 1. The molecule has 1 atom stereocenters. The highest BCUT2D eigenvalue weighted by molar-refractivity contribution is 9.10. The van der Waals surface area contributed by atoms with Gasteiger partial charge in [0.05, 0.1) is 12.1 Å². The zero-order valence-corrected chi connectivity index (χ0v) is 13.8. The Morgan fingerprint density at radius 2 is 2.16 bits per heavy atom. The molecule has 0 amide bonds. The fraction of sp³-hybridized carbons (Fsp3) is 0.600. The molecule has 1 aromatic rings. The molecule has 4 heteroatoms. The Bertz CT molecular complexity index is 411. The highest BCUT2D eigenvalue weighted by Crippen LogP contribution is 2.42. The number of hydrogen-bond acceptors (Lipinski definition) is 3. The molecule has 0 spiro atoms. The van der Waals surface area contributed by atoms with Crippen LogP contribution >= 0.6 is 27.7 Å². The van der Waals surface area contributed by atoms with Crippen molar-refractivity contribution >= 4 is 27.7 Å². The van der Waals surface area contributed by atoms with Crippen molar-refractivity contribution < 1.29 is 5.11 Å². The van der Waals surface area contributed by atoms with Crippen LogP contribution in [0, 0.1) is 5.92 Å². The lowest BCUT2D eigenvalue weighted by molar-refractivity contribution is 0.159. The van der Waals surface area contributed by atoms with Crippen LogP contribution < -0.4 is 5.32 Å². The number of nitrogens with one attached hydrogen (secondary N) is 1. The predicted molar refractivity (Wildman–Crippen MR) is 85.7 cm³/mol. The fourth-order valence-electron chi connectivity index (χ4n) is 2.32. The van der Waals surface area contributed by atoms with Crippen molar-refractivity contribution in [3.63, 3.8) is 0 Å². The molecule has 0 radical (unpaired) electrons. The summed E-state index contributed by atoms with van der Waals surface area (Å²) in [7, 11) is 0. The molecule has 106 valence electrons. The molecule has 1 aromatic carbocycles. The molecule has 2 N–H and O–H groups in total. The summed E-state index contributed by atoms with van der Waals surface area (Å²) < 4.78 is 1.14. The van der Waals surface area contributed by atoms with E-state index in [2.05, 4.69) is 46.4 Å². The summed E-state index contributed by atoms with van der Waals surface area (Å²) in [6.45, 7) is 3.38. The third-order valence-corrected chi connectivity index (χ3v) is 5.97. The lowest BCUT2D eigenvalue weighted by Gasteiger charge is -2.33. The molecule has 1 aliphatic rings. The van der Waals surface area contributed by atoms with E-state index in [0.717, 1.165) is 23.2 Å². The Balaban J connectivity index is 2.02. The van der Waals surface area contributed by atoms with Gasteiger partial charge in [0.1, 0.15) is 0 Å². The van der Waals surface area contributed by atoms with Crippen molar-refractivity contribution in [2.24, 2.45) is 5.92 Å². The zero-order chi connectivity index (χ0) is 13.7. The number of aliphatic hydroxyl groups excluding tert-OH is 1. The number of halogens is 1. The van der Waals surface area contributed by atoms with Crippen LogP contribution in [0.1, 0.15) is 26.2 Å². The number of hydrogen-bond donors (Lipinski definition) is 2. The minimum atomic E-state index is -0.101. The molecule has 1 saturated carbocycles. The van der Waals surface area contributed by atoms with Crippen LogP contribution in [0.3, 0.4) is 0 Å². The molecule has 2 nitrogen and oxygen atoms in total. The number of thioether (sulfide) groups is 1. The standard InChI is InChI=1S/C15H22BrNOS/c1-2-9-17-15(10-18,12-7-8-12)11-19-14-6-4-3-5-13(14)16/h3-6,12,17-18H,2,7-11H2,1H3. The van der Waals surface area contributed by atoms with Gasteiger partial charge in [-0.3, -0.25) is 0 Å². The van der Waals surface area contributed by atoms with E-state index in [1.807, 2.05) is 17.8 Å². The van der Waals surface area contributed by atoms with Gasteiger partial charge >= 0.3 is 0 Å². The summed E-state index contributed by atoms with van der Waals surface area (Å²) in [4.78, 5) is 1.25. The van der Waals surface area contributed by atoms with Crippen molar-refractivity contribution in [1.82, 2.24) is 5.32 Å². The first-order valence-electron chi connectivity index (χ1n) is 6.95. The van der Waals surface area contributed by atoms with Gasteiger partial charge in [0.2, 0.25) is 0 Å². The minimum absolute atomic E-state index is 0.101. The molecule has 0 saturated heterocycles. The Hall–Kier alpha value is -0.0300. The summed E-state index contributed by atoms with van der Waals surface area (Å²) in [5.74, 6) is 1.57. The monoisotopic (exact) mass is 343 g/mol. The van der Waals surface area contributed by atoms with E-state index in [0.29, 0.717) is 5.92 Å². The summed E-state index contributed by atoms with van der Waals surface area (Å²) in [6, 6.07) is 8.29. The van der Waals surface area contributed by atoms with Crippen molar-refractivity contribution in [2.45, 2.75) is 36.6 Å². The van der Waals surface area contributed by atoms with Crippen molar-refractivity contribution in [3.8, 4) is 0 Å². The van der Waals surface area contributed by atoms with Crippen LogP contribution in [0.25, 0.3) is 0 Å². The molecule has 0 bridgehead atoms. The maximum absolute atomic E-state index is 9.87. The van der Waals surface area contributed by atoms with E-state index in [1.54, 1.807) is 0 Å². The van der Waals surface area contributed by atoms with E-state index < -0.39 is 0 Å². The second kappa shape index (κ2) is 7.11. The second-order valence-corrected chi connectivity index (χ2v) is 7.11. The van der Waals surface area contributed by atoms with Crippen LogP contribution in [0.15, 0.2) is 33.6 Å². The van der Waals surface area contributed by atoms with E-state index in [4.69, 9.17) is 0 Å². The van der Waals surface area contributed by atoms with Crippen molar-refractivity contribution in [3.05, 3.63) is 28.7 Å². The Kier molecular flexibility index (Phi) is 5.75. The van der Waals surface area contributed by atoms with Crippen LogP contribution in [0.4, 0.5) is 0 Å². The molecule has 1 aliphatic carbocycles. The average molecular weight is 344 g/mol. The van der Waals surface area contributed by atoms with Crippen LogP contribution in [-0.4, -0.2) is 29.5 Å². The van der Waals surface area contributed by atoms with Gasteiger partial charge < -0.3 is 10.4 Å². The highest BCUT2D eigenvalue weighted by Gasteiger charge is 2.44. The molecule has 1 fully saturated rings. The van der Waals surface area contributed by atoms with Gasteiger partial charge in [0.15, 0.2) is 0 Å². The van der Waals surface area contributed by atoms with Gasteiger partial charge in [-0.15, -0.1) is 11.8 Å². The molecule has 0 aromatic heterocycles. The highest BCUT2D eigenvalue weighted by atomic mass is 79.9. The topological polar surface area (TPSA) is 32.3 Å². The molecule has 0 heterocycles. The van der Waals surface area contributed by atoms with Gasteiger partial charge in [0.25, 0.3) is 0 Å². The number of aliphatic hydroxyl groups is 1. The van der Waals surface area contributed by atoms with Crippen molar-refractivity contribution in [2.75, 3.05) is 18.9 Å². The molecule has 0 aliphatic heterocycles. The molecule has 1 unspecified atom stereocenters. The van der Waals surface area contributed by atoms with Crippen molar-refractivity contribution in [1.29, 1.82) is 0 Å². The second-order valence-electron chi connectivity index (χ2n) is 5.23. The van der Waals surface area contributed by atoms with Gasteiger partial charge in [0, 0.05) is 15.1 Å². The average Bonchev–Trinajstić information content (AvgIpc) is 3.26. The quantitative estimate of drug-likeness (QED) is 0.706. The van der Waals surface area contributed by atoms with E-state index in [9.17, 15) is 5.11 Å². The SMILES string of the molecule is CCCNC(CO)(CSc1ccccc1Br)C1CC1. The zero-order valence-electron chi connectivity index (χ0n) is 11.4. The lowest BCUT2D eigenvalue weighted by Crippen LogP contribution is -2.53. The van der Waals surface area contributed by atoms with E-state index >= 15 is 0 Å². The first kappa shape index (κ1) is 15.4. The summed E-state index contributed by atoms with van der Waals surface area (Å²) in [5, 5.41) is 13.5. The maximum atomic E-state index is 9.87. The summed E-state index contributed by atoms with van der Waals surface area (Å²) in [6.07, 6.45) is 3.59. The van der Waals surface area contributed by atoms with Gasteiger partial charge in [-0.05, 0) is 59.8 Å². The smallest absolute Gasteiger partial charge is 0.0624 e. The molecule has 19 heavy (non-hydrogen) atoms. The Labute approximate surface area is 128 Å². The fourth-order valence-corrected chi connectivity index (χ4v) is 4.17. The predicted octanol–water partition coefficient (Wildman–Crippen LogP) is 3.68. The molecular weight excluding hydrogens is 322 g/mol. The molecule has 2 rings (SSSR count). The summed E-state index contributed by atoms with van der Waals surface area (Å²) >= 11 is 5.42. The normalized spacial score (nSPS) is 18.3. The van der Waals surface area contributed by atoms with Gasteiger partial charge in [-0.2, -0.15) is 0 Å². The third kappa shape index (κ3) is 3.97. The van der Waals surface area contributed by atoms with E-state index in [-0.39, 0.29) is 12.1 Å². The van der Waals surface area contributed by atoms with Crippen LogP contribution in [0.5, 0.6) is 0 Å². The minimum Gasteiger partial charge on any atom is -0.394 e. The van der Waals surface area contributed by atoms with Gasteiger partial charge in [-0.25, -0.2) is 0 Å². The van der Waals surface area contributed by atoms with E-state index in [1.165, 1.54) is 17.7 Å². The first-order chi connectivity index (χ1) is 9.22. The maximum Gasteiger partial charge on any atom is 0.0624 e. The largest absolute Gasteiger partial charge is 0.394 e.